The predicted octanol–water partition coefficient (Wildman–Crippen LogP) is 7.07. The molecule has 16 heteroatoms. The number of rotatable bonds is 15. The van der Waals surface area contributed by atoms with Crippen LogP contribution in [0.2, 0.25) is 10.0 Å². The van der Waals surface area contributed by atoms with Crippen molar-refractivity contribution in [3.05, 3.63) is 81.1 Å². The molecular formula is C40H46Cl2N8O6. The van der Waals surface area contributed by atoms with Gasteiger partial charge in [0.05, 0.1) is 29.9 Å². The lowest BCUT2D eigenvalue weighted by Gasteiger charge is -2.19. The molecule has 14 nitrogen and oxygen atoms in total. The fourth-order valence-electron chi connectivity index (χ4n) is 7.18. The normalized spacial score (nSPS) is 19.9. The van der Waals surface area contributed by atoms with Crippen LogP contribution in [0.15, 0.2) is 48.8 Å². The van der Waals surface area contributed by atoms with Crippen LogP contribution in [0, 0.1) is 23.7 Å². The summed E-state index contributed by atoms with van der Waals surface area (Å²) in [5, 5.41) is 16.9. The van der Waals surface area contributed by atoms with Gasteiger partial charge in [0.25, 0.3) is 0 Å². The maximum atomic E-state index is 12.3. The van der Waals surface area contributed by atoms with Gasteiger partial charge in [0.1, 0.15) is 34.3 Å². The number of nitrogens with one attached hydrogen (secondary N) is 2. The highest BCUT2D eigenvalue weighted by atomic mass is 35.5. The third-order valence-electron chi connectivity index (χ3n) is 10.3. The second-order valence-electron chi connectivity index (χ2n) is 14.3. The summed E-state index contributed by atoms with van der Waals surface area (Å²) in [6.07, 6.45) is 5.52. The predicted molar refractivity (Wildman–Crippen MR) is 214 cm³/mol. The number of piperidine rings is 2. The van der Waals surface area contributed by atoms with Gasteiger partial charge in [-0.15, -0.1) is 0 Å². The summed E-state index contributed by atoms with van der Waals surface area (Å²) in [6.45, 7) is 11.7. The van der Waals surface area contributed by atoms with Crippen molar-refractivity contribution >= 4 is 58.7 Å². The second-order valence-corrected chi connectivity index (χ2v) is 15.1. The van der Waals surface area contributed by atoms with Gasteiger partial charge in [0, 0.05) is 51.7 Å². The molecule has 0 amide bonds. The first-order valence-corrected chi connectivity index (χ1v) is 19.8. The Bertz CT molecular complexity index is 2050. The minimum Gasteiger partial charge on any atom is -0.492 e. The van der Waals surface area contributed by atoms with Crippen LogP contribution in [-0.4, -0.2) is 83.0 Å². The Labute approximate surface area is 335 Å². The lowest BCUT2D eigenvalue weighted by molar-refractivity contribution is 0.0526. The van der Waals surface area contributed by atoms with E-state index in [4.69, 9.17) is 37.4 Å². The van der Waals surface area contributed by atoms with E-state index in [1.807, 2.05) is 44.2 Å². The smallest absolute Gasteiger partial charge is 0.343 e. The first-order chi connectivity index (χ1) is 27.1. The molecule has 3 N–H and O–H groups in total. The Morgan fingerprint density at radius 2 is 1.16 bits per heavy atom. The molecule has 4 atom stereocenters. The number of anilines is 4. The summed E-state index contributed by atoms with van der Waals surface area (Å²) in [7, 11) is 0. The Hall–Kier alpha value is -5.08. The molecule has 0 spiro atoms. The highest BCUT2D eigenvalue weighted by Gasteiger charge is 2.46. The van der Waals surface area contributed by atoms with Crippen molar-refractivity contribution in [1.82, 2.24) is 19.9 Å². The van der Waals surface area contributed by atoms with E-state index in [1.54, 1.807) is 19.2 Å². The van der Waals surface area contributed by atoms with Gasteiger partial charge in [-0.25, -0.2) is 19.6 Å². The number of ether oxygens (including phenoxy) is 3. The van der Waals surface area contributed by atoms with Gasteiger partial charge in [-0.2, -0.15) is 9.97 Å². The molecule has 0 bridgehead atoms. The molecule has 4 heterocycles. The average Bonchev–Trinajstić information content (AvgIpc) is 4.03. The average molecular weight is 806 g/mol. The fourth-order valence-corrected chi connectivity index (χ4v) is 7.70. The lowest BCUT2D eigenvalue weighted by Crippen LogP contribution is -2.25. The lowest BCUT2D eigenvalue weighted by atomic mass is 10.2. The number of benzene rings is 2. The highest BCUT2D eigenvalue weighted by Crippen LogP contribution is 2.46. The van der Waals surface area contributed by atoms with E-state index < -0.39 is 11.9 Å². The largest absolute Gasteiger partial charge is 0.492 e. The number of carbonyl (C=O) groups is 2. The van der Waals surface area contributed by atoms with Crippen molar-refractivity contribution in [1.29, 1.82) is 0 Å². The molecular weight excluding hydrogens is 759 g/mol. The van der Waals surface area contributed by atoms with Gasteiger partial charge >= 0.3 is 11.9 Å². The number of carboxylic acid groups (broad SMARTS) is 1. The van der Waals surface area contributed by atoms with Crippen LogP contribution in [0.1, 0.15) is 65.5 Å². The number of halogens is 2. The Morgan fingerprint density at radius 3 is 1.57 bits per heavy atom. The van der Waals surface area contributed by atoms with E-state index in [0.717, 1.165) is 61.0 Å². The number of aromatic nitrogens is 4. The van der Waals surface area contributed by atoms with Crippen LogP contribution in [0.5, 0.6) is 11.5 Å². The first kappa shape index (κ1) is 39.2. The van der Waals surface area contributed by atoms with E-state index in [0.29, 0.717) is 83.6 Å². The van der Waals surface area contributed by atoms with E-state index in [-0.39, 0.29) is 5.56 Å². The molecule has 2 aliphatic carbocycles. The minimum absolute atomic E-state index is 0.0557. The SMILES string of the molecule is CCOC(=O)c1cnc(N2CC3CC3C2)nc1NCc1ccc(OCC)c(Cl)c1.CCOc1ccc(CNc2nc(N3CC4CC4C3)ncc2C(=O)O)cc1Cl. The third kappa shape index (κ3) is 9.30. The molecule has 4 fully saturated rings. The Balaban J connectivity index is 0.000000172. The van der Waals surface area contributed by atoms with Gasteiger partial charge in [-0.1, -0.05) is 35.3 Å². The summed E-state index contributed by atoms with van der Waals surface area (Å²) in [5.74, 6) is 4.84. The first-order valence-electron chi connectivity index (χ1n) is 19.1. The topological polar surface area (TPSA) is 164 Å². The molecule has 2 aromatic heterocycles. The molecule has 2 saturated carbocycles. The minimum atomic E-state index is -1.06. The fraction of sp³-hybridized carbons (Fsp3) is 0.450. The zero-order valence-corrected chi connectivity index (χ0v) is 33.1. The Kier molecular flexibility index (Phi) is 12.2. The molecule has 2 saturated heterocycles. The van der Waals surface area contributed by atoms with E-state index in [1.165, 1.54) is 19.0 Å². The van der Waals surface area contributed by atoms with E-state index in [9.17, 15) is 14.7 Å². The van der Waals surface area contributed by atoms with Crippen molar-refractivity contribution in [2.24, 2.45) is 23.7 Å². The quantitative estimate of drug-likeness (QED) is 0.105. The van der Waals surface area contributed by atoms with Gasteiger partial charge in [0.2, 0.25) is 11.9 Å². The molecule has 2 aromatic carbocycles. The molecule has 0 radical (unpaired) electrons. The Morgan fingerprint density at radius 1 is 0.714 bits per heavy atom. The van der Waals surface area contributed by atoms with Gasteiger partial charge in [-0.3, -0.25) is 0 Å². The molecule has 296 valence electrons. The van der Waals surface area contributed by atoms with Crippen LogP contribution < -0.4 is 29.9 Å². The number of carbonyl (C=O) groups excluding carboxylic acids is 1. The van der Waals surface area contributed by atoms with Crippen molar-refractivity contribution in [2.75, 3.05) is 66.4 Å². The number of esters is 1. The number of hydrogen-bond donors (Lipinski definition) is 3. The molecule has 4 unspecified atom stereocenters. The number of fused-ring (bicyclic) bond motifs is 2. The van der Waals surface area contributed by atoms with Crippen LogP contribution in [-0.2, 0) is 17.8 Å². The van der Waals surface area contributed by atoms with Crippen molar-refractivity contribution in [2.45, 2.75) is 46.7 Å². The zero-order valence-electron chi connectivity index (χ0n) is 31.6. The van der Waals surface area contributed by atoms with Crippen LogP contribution in [0.3, 0.4) is 0 Å². The summed E-state index contributed by atoms with van der Waals surface area (Å²) >= 11 is 12.5. The molecule has 4 aromatic rings. The monoisotopic (exact) mass is 804 g/mol. The number of nitrogens with zero attached hydrogens (tertiary/aromatic N) is 6. The summed E-state index contributed by atoms with van der Waals surface area (Å²) < 4.78 is 16.1. The van der Waals surface area contributed by atoms with Crippen molar-refractivity contribution in [3.63, 3.8) is 0 Å². The molecule has 8 rings (SSSR count). The van der Waals surface area contributed by atoms with E-state index >= 15 is 0 Å². The number of hydrogen-bond acceptors (Lipinski definition) is 13. The molecule has 2 aliphatic heterocycles. The van der Waals surface area contributed by atoms with Crippen molar-refractivity contribution < 1.29 is 28.9 Å². The highest BCUT2D eigenvalue weighted by molar-refractivity contribution is 6.32. The van der Waals surface area contributed by atoms with Gasteiger partial charge < -0.3 is 39.8 Å². The standard InChI is InChI=1S/C21H25ClN4O3.C19H21ClN4O3/c1-3-28-18-6-5-13(7-17(18)22)9-23-19-16(20(27)29-4-2)10-24-21(25-19)26-11-14-8-15(14)12-26;1-2-27-16-4-3-11(5-15(16)20)7-21-17-14(18(25)26)8-22-19(23-17)24-9-12-6-13(12)10-24/h5-7,10,14-15H,3-4,8-9,11-12H2,1-2H3,(H,23,24,25);3-5,8,12-13H,2,6-7,9-10H2,1H3,(H,25,26)(H,21,22,23). The summed E-state index contributed by atoms with van der Waals surface area (Å²) in [5.41, 5.74) is 2.25. The van der Waals surface area contributed by atoms with Crippen molar-refractivity contribution in [3.8, 4) is 11.5 Å². The number of carboxylic acids is 1. The van der Waals surface area contributed by atoms with Crippen LogP contribution in [0.25, 0.3) is 0 Å². The summed E-state index contributed by atoms with van der Waals surface area (Å²) in [4.78, 5) is 46.0. The van der Waals surface area contributed by atoms with Gasteiger partial charge in [-0.05, 0) is 92.7 Å². The third-order valence-corrected chi connectivity index (χ3v) is 10.9. The zero-order chi connectivity index (χ0) is 39.3. The maximum Gasteiger partial charge on any atom is 0.343 e. The van der Waals surface area contributed by atoms with E-state index in [2.05, 4.69) is 40.4 Å². The van der Waals surface area contributed by atoms with Gasteiger partial charge in [0.15, 0.2) is 0 Å². The van der Waals surface area contributed by atoms with Crippen LogP contribution in [0.4, 0.5) is 23.5 Å². The molecule has 4 aliphatic rings. The molecule has 56 heavy (non-hydrogen) atoms. The maximum absolute atomic E-state index is 12.3. The second kappa shape index (κ2) is 17.4. The van der Waals surface area contributed by atoms with Crippen LogP contribution >= 0.6 is 23.2 Å². The number of aromatic carboxylic acids is 1. The summed E-state index contributed by atoms with van der Waals surface area (Å²) in [6, 6.07) is 11.1.